The predicted molar refractivity (Wildman–Crippen MR) is 79.9 cm³/mol. The third-order valence-electron chi connectivity index (χ3n) is 3.16. The van der Waals surface area contributed by atoms with Crippen molar-refractivity contribution in [1.29, 1.82) is 0 Å². The van der Waals surface area contributed by atoms with Crippen LogP contribution in [0.2, 0.25) is 0 Å². The van der Waals surface area contributed by atoms with Crippen LogP contribution in [0.15, 0.2) is 30.3 Å². The van der Waals surface area contributed by atoms with Crippen LogP contribution in [0.1, 0.15) is 39.2 Å². The van der Waals surface area contributed by atoms with Gasteiger partial charge in [0.15, 0.2) is 0 Å². The van der Waals surface area contributed by atoms with Crippen molar-refractivity contribution < 1.29 is 4.79 Å². The number of hydrogen-bond acceptors (Lipinski definition) is 2. The number of carbonyl (C=O) groups is 1. The van der Waals surface area contributed by atoms with E-state index in [-0.39, 0.29) is 5.91 Å². The van der Waals surface area contributed by atoms with Gasteiger partial charge in [-0.2, -0.15) is 0 Å². The molecule has 0 spiro atoms. The van der Waals surface area contributed by atoms with E-state index in [1.165, 1.54) is 5.56 Å². The first kappa shape index (κ1) is 15.7. The lowest BCUT2D eigenvalue weighted by atomic mass is 10.2. The Balaban J connectivity index is 2.43. The van der Waals surface area contributed by atoms with Crippen molar-refractivity contribution in [3.8, 4) is 0 Å². The first-order valence-corrected chi connectivity index (χ1v) is 7.18. The second-order valence-corrected chi connectivity index (χ2v) is 5.15. The summed E-state index contributed by atoms with van der Waals surface area (Å²) in [5.74, 6) is 0.153. The summed E-state index contributed by atoms with van der Waals surface area (Å²) in [5.41, 5.74) is 1.30. The Kier molecular flexibility index (Phi) is 7.19. The van der Waals surface area contributed by atoms with Gasteiger partial charge in [0.05, 0.1) is 0 Å². The largest absolute Gasteiger partial charge is 0.356 e. The summed E-state index contributed by atoms with van der Waals surface area (Å²) in [6, 6.07) is 10.9. The highest BCUT2D eigenvalue weighted by atomic mass is 16.1. The molecule has 0 saturated heterocycles. The van der Waals surface area contributed by atoms with E-state index in [0.29, 0.717) is 12.5 Å². The summed E-state index contributed by atoms with van der Waals surface area (Å²) in [4.78, 5) is 14.0. The van der Waals surface area contributed by atoms with Crippen LogP contribution in [-0.4, -0.2) is 29.9 Å². The minimum absolute atomic E-state index is 0.153. The van der Waals surface area contributed by atoms with Gasteiger partial charge in [-0.05, 0) is 25.8 Å². The van der Waals surface area contributed by atoms with E-state index in [9.17, 15) is 4.79 Å². The molecular formula is C16H26N2O. The Labute approximate surface area is 117 Å². The average molecular weight is 262 g/mol. The van der Waals surface area contributed by atoms with Gasteiger partial charge in [0.25, 0.3) is 0 Å². The first-order valence-electron chi connectivity index (χ1n) is 7.18. The monoisotopic (exact) mass is 262 g/mol. The van der Waals surface area contributed by atoms with Gasteiger partial charge < -0.3 is 5.32 Å². The molecule has 1 aromatic carbocycles. The standard InChI is InChI=1S/C16H26N2O/c1-4-11-17-16(19)10-12-18(14(2)3)13-15-8-6-5-7-9-15/h5-9,14H,4,10-13H2,1-3H3,(H,17,19). The molecule has 0 bridgehead atoms. The SMILES string of the molecule is CCCNC(=O)CCN(Cc1ccccc1)C(C)C. The second-order valence-electron chi connectivity index (χ2n) is 5.15. The number of amides is 1. The van der Waals surface area contributed by atoms with Crippen LogP contribution in [0.5, 0.6) is 0 Å². The van der Waals surface area contributed by atoms with Crippen LogP contribution in [0.4, 0.5) is 0 Å². The molecule has 1 amide bonds. The number of rotatable bonds is 8. The lowest BCUT2D eigenvalue weighted by molar-refractivity contribution is -0.121. The van der Waals surface area contributed by atoms with Crippen LogP contribution >= 0.6 is 0 Å². The van der Waals surface area contributed by atoms with Crippen molar-refractivity contribution >= 4 is 5.91 Å². The number of benzene rings is 1. The van der Waals surface area contributed by atoms with E-state index in [0.717, 1.165) is 26.1 Å². The highest BCUT2D eigenvalue weighted by Gasteiger charge is 2.11. The Morgan fingerprint density at radius 1 is 1.26 bits per heavy atom. The topological polar surface area (TPSA) is 32.3 Å². The van der Waals surface area contributed by atoms with Gasteiger partial charge in [-0.3, -0.25) is 9.69 Å². The van der Waals surface area contributed by atoms with Gasteiger partial charge in [0.2, 0.25) is 5.91 Å². The Morgan fingerprint density at radius 2 is 1.95 bits per heavy atom. The van der Waals surface area contributed by atoms with Crippen molar-refractivity contribution in [2.24, 2.45) is 0 Å². The molecule has 0 radical (unpaired) electrons. The zero-order chi connectivity index (χ0) is 14.1. The van der Waals surface area contributed by atoms with Crippen molar-refractivity contribution in [3.05, 3.63) is 35.9 Å². The Bertz CT molecular complexity index is 362. The van der Waals surface area contributed by atoms with Crippen LogP contribution in [0, 0.1) is 0 Å². The maximum Gasteiger partial charge on any atom is 0.221 e. The fourth-order valence-corrected chi connectivity index (χ4v) is 1.94. The molecule has 106 valence electrons. The van der Waals surface area contributed by atoms with Gasteiger partial charge in [-0.15, -0.1) is 0 Å². The van der Waals surface area contributed by atoms with Crippen LogP contribution in [0.3, 0.4) is 0 Å². The van der Waals surface area contributed by atoms with Gasteiger partial charge in [-0.25, -0.2) is 0 Å². The normalized spacial score (nSPS) is 11.0. The molecule has 0 aliphatic carbocycles. The molecule has 3 nitrogen and oxygen atoms in total. The zero-order valence-electron chi connectivity index (χ0n) is 12.4. The second kappa shape index (κ2) is 8.70. The summed E-state index contributed by atoms with van der Waals surface area (Å²) < 4.78 is 0. The lowest BCUT2D eigenvalue weighted by Gasteiger charge is -2.26. The van der Waals surface area contributed by atoms with Crippen molar-refractivity contribution in [3.63, 3.8) is 0 Å². The molecule has 0 heterocycles. The fourth-order valence-electron chi connectivity index (χ4n) is 1.94. The highest BCUT2D eigenvalue weighted by molar-refractivity contribution is 5.75. The molecule has 0 aliphatic heterocycles. The van der Waals surface area contributed by atoms with Crippen LogP contribution < -0.4 is 5.32 Å². The lowest BCUT2D eigenvalue weighted by Crippen LogP contribution is -2.35. The zero-order valence-corrected chi connectivity index (χ0v) is 12.4. The molecule has 19 heavy (non-hydrogen) atoms. The summed E-state index contributed by atoms with van der Waals surface area (Å²) in [6.07, 6.45) is 1.56. The minimum Gasteiger partial charge on any atom is -0.356 e. The molecule has 0 aromatic heterocycles. The van der Waals surface area contributed by atoms with E-state index in [4.69, 9.17) is 0 Å². The summed E-state index contributed by atoms with van der Waals surface area (Å²) in [5, 5.41) is 2.92. The molecular weight excluding hydrogens is 236 g/mol. The fraction of sp³-hybridized carbons (Fsp3) is 0.562. The van der Waals surface area contributed by atoms with E-state index in [1.807, 2.05) is 6.07 Å². The first-order chi connectivity index (χ1) is 9.13. The van der Waals surface area contributed by atoms with E-state index < -0.39 is 0 Å². The minimum atomic E-state index is 0.153. The highest BCUT2D eigenvalue weighted by Crippen LogP contribution is 2.08. The molecule has 0 atom stereocenters. The van der Waals surface area contributed by atoms with Crippen molar-refractivity contribution in [1.82, 2.24) is 10.2 Å². The average Bonchev–Trinajstić information content (AvgIpc) is 2.41. The van der Waals surface area contributed by atoms with Gasteiger partial charge >= 0.3 is 0 Å². The maximum absolute atomic E-state index is 11.6. The number of hydrogen-bond donors (Lipinski definition) is 1. The van der Waals surface area contributed by atoms with Gasteiger partial charge in [0, 0.05) is 32.1 Å². The number of nitrogens with zero attached hydrogens (tertiary/aromatic N) is 1. The smallest absolute Gasteiger partial charge is 0.221 e. The van der Waals surface area contributed by atoms with Gasteiger partial charge in [0.1, 0.15) is 0 Å². The number of nitrogens with one attached hydrogen (secondary N) is 1. The maximum atomic E-state index is 11.6. The molecule has 0 fully saturated rings. The van der Waals surface area contributed by atoms with Gasteiger partial charge in [-0.1, -0.05) is 37.3 Å². The predicted octanol–water partition coefficient (Wildman–Crippen LogP) is 2.81. The van der Waals surface area contributed by atoms with Crippen LogP contribution in [-0.2, 0) is 11.3 Å². The van der Waals surface area contributed by atoms with Crippen molar-refractivity contribution in [2.75, 3.05) is 13.1 Å². The number of carbonyl (C=O) groups excluding carboxylic acids is 1. The van der Waals surface area contributed by atoms with E-state index in [1.54, 1.807) is 0 Å². The molecule has 0 unspecified atom stereocenters. The molecule has 1 aromatic rings. The third-order valence-corrected chi connectivity index (χ3v) is 3.16. The Morgan fingerprint density at radius 3 is 2.53 bits per heavy atom. The summed E-state index contributed by atoms with van der Waals surface area (Å²) in [7, 11) is 0. The van der Waals surface area contributed by atoms with E-state index >= 15 is 0 Å². The molecule has 1 rings (SSSR count). The molecule has 0 saturated carbocycles. The van der Waals surface area contributed by atoms with Crippen LogP contribution in [0.25, 0.3) is 0 Å². The summed E-state index contributed by atoms with van der Waals surface area (Å²) >= 11 is 0. The molecule has 3 heteroatoms. The van der Waals surface area contributed by atoms with Crippen molar-refractivity contribution in [2.45, 2.75) is 46.2 Å². The molecule has 0 aliphatic rings. The Hall–Kier alpha value is -1.35. The quantitative estimate of drug-likeness (QED) is 0.781. The summed E-state index contributed by atoms with van der Waals surface area (Å²) in [6.45, 7) is 8.90. The third kappa shape index (κ3) is 6.39. The molecule has 1 N–H and O–H groups in total. The van der Waals surface area contributed by atoms with E-state index in [2.05, 4.69) is 55.3 Å².